The number of unbranched alkanes of at least 4 members (excludes halogenated alkanes) is 2. The quantitative estimate of drug-likeness (QED) is 0.315. The Kier molecular flexibility index (Phi) is 12.5. The van der Waals surface area contributed by atoms with Crippen molar-refractivity contribution in [2.45, 2.75) is 53.4 Å². The average molecular weight is 319 g/mol. The molecule has 0 spiro atoms. The lowest BCUT2D eigenvalue weighted by Gasteiger charge is -2.09. The van der Waals surface area contributed by atoms with Crippen LogP contribution in [0.5, 0.6) is 0 Å². The van der Waals surface area contributed by atoms with Gasteiger partial charge in [-0.3, -0.25) is 4.79 Å². The van der Waals surface area contributed by atoms with Crippen molar-refractivity contribution < 1.29 is 19.1 Å². The molecule has 0 radical (unpaired) electrons. The van der Waals surface area contributed by atoms with E-state index in [1.165, 1.54) is 12.8 Å². The summed E-state index contributed by atoms with van der Waals surface area (Å²) in [5.41, 5.74) is 0. The summed E-state index contributed by atoms with van der Waals surface area (Å²) < 4.78 is 10.1. The standard InChI is InChI=1S/C16H31O4S/c1-5-7-11-21(12-8-6-2)13-15(17)19-9-10-20-16(18)14(3)4/h14H,5-13H2,1-4H3/q+1. The number of rotatable bonds is 12. The molecule has 124 valence electrons. The molecule has 21 heavy (non-hydrogen) atoms. The van der Waals surface area contributed by atoms with Crippen LogP contribution in [0.1, 0.15) is 53.4 Å². The molecule has 0 amide bonds. The molecular formula is C16H31O4S+. The minimum Gasteiger partial charge on any atom is -0.462 e. The zero-order valence-electron chi connectivity index (χ0n) is 14.0. The highest BCUT2D eigenvalue weighted by atomic mass is 32.2. The van der Waals surface area contributed by atoms with Crippen LogP contribution < -0.4 is 0 Å². The molecule has 0 rings (SSSR count). The maximum atomic E-state index is 11.8. The molecule has 0 heterocycles. The second-order valence-corrected chi connectivity index (χ2v) is 7.74. The summed E-state index contributed by atoms with van der Waals surface area (Å²) in [6.07, 6.45) is 4.67. The number of hydrogen-bond acceptors (Lipinski definition) is 4. The smallest absolute Gasteiger partial charge is 0.356 e. The van der Waals surface area contributed by atoms with Crippen LogP contribution in [0.4, 0.5) is 0 Å². The van der Waals surface area contributed by atoms with E-state index >= 15 is 0 Å². The molecule has 0 atom stereocenters. The maximum Gasteiger partial charge on any atom is 0.356 e. The van der Waals surface area contributed by atoms with Crippen LogP contribution in [0.2, 0.25) is 0 Å². The molecule has 0 aromatic carbocycles. The third-order valence-electron chi connectivity index (χ3n) is 2.96. The van der Waals surface area contributed by atoms with Crippen molar-refractivity contribution in [1.82, 2.24) is 0 Å². The summed E-state index contributed by atoms with van der Waals surface area (Å²) in [7, 11) is 0.142. The Hall–Kier alpha value is -0.710. The summed E-state index contributed by atoms with van der Waals surface area (Å²) in [4.78, 5) is 23.0. The van der Waals surface area contributed by atoms with Crippen molar-refractivity contribution in [3.8, 4) is 0 Å². The Morgan fingerprint density at radius 2 is 1.48 bits per heavy atom. The molecule has 0 aromatic rings. The van der Waals surface area contributed by atoms with Crippen LogP contribution >= 0.6 is 0 Å². The lowest BCUT2D eigenvalue weighted by molar-refractivity contribution is -0.153. The third kappa shape index (κ3) is 11.6. The van der Waals surface area contributed by atoms with Gasteiger partial charge in [0.15, 0.2) is 0 Å². The molecule has 0 aliphatic carbocycles. The predicted octanol–water partition coefficient (Wildman–Crippen LogP) is 2.95. The highest BCUT2D eigenvalue weighted by Crippen LogP contribution is 2.06. The zero-order chi connectivity index (χ0) is 16.1. The molecule has 0 bridgehead atoms. The third-order valence-corrected chi connectivity index (χ3v) is 5.33. The Bertz CT molecular complexity index is 284. The molecule has 5 heteroatoms. The maximum absolute atomic E-state index is 11.8. The summed E-state index contributed by atoms with van der Waals surface area (Å²) in [5, 5.41) is 0. The Labute approximate surface area is 132 Å². The minimum atomic E-state index is -0.253. The number of carbonyl (C=O) groups is 2. The van der Waals surface area contributed by atoms with E-state index in [9.17, 15) is 9.59 Å². The van der Waals surface area contributed by atoms with E-state index in [1.807, 2.05) is 0 Å². The monoisotopic (exact) mass is 319 g/mol. The van der Waals surface area contributed by atoms with Gasteiger partial charge in [-0.05, 0) is 23.7 Å². The second-order valence-electron chi connectivity index (χ2n) is 5.41. The van der Waals surface area contributed by atoms with E-state index in [4.69, 9.17) is 9.47 Å². The minimum absolute atomic E-state index is 0.142. The van der Waals surface area contributed by atoms with Crippen LogP contribution in [0, 0.1) is 5.92 Å². The first kappa shape index (κ1) is 20.3. The van der Waals surface area contributed by atoms with Gasteiger partial charge < -0.3 is 9.47 Å². The second kappa shape index (κ2) is 13.0. The van der Waals surface area contributed by atoms with Crippen LogP contribution in [0.25, 0.3) is 0 Å². The lowest BCUT2D eigenvalue weighted by Crippen LogP contribution is -2.25. The van der Waals surface area contributed by atoms with Gasteiger partial charge in [0.1, 0.15) is 24.7 Å². The van der Waals surface area contributed by atoms with Gasteiger partial charge in [0, 0.05) is 0 Å². The number of esters is 2. The Morgan fingerprint density at radius 1 is 0.952 bits per heavy atom. The van der Waals surface area contributed by atoms with Crippen LogP contribution in [-0.4, -0.2) is 42.4 Å². The van der Waals surface area contributed by atoms with Gasteiger partial charge in [0.2, 0.25) is 5.75 Å². The Balaban J connectivity index is 3.88. The van der Waals surface area contributed by atoms with Crippen molar-refractivity contribution in [2.75, 3.05) is 30.5 Å². The van der Waals surface area contributed by atoms with Crippen LogP contribution in [0.15, 0.2) is 0 Å². The molecule has 0 N–H and O–H groups in total. The van der Waals surface area contributed by atoms with E-state index in [0.29, 0.717) is 5.75 Å². The molecule has 0 saturated carbocycles. The van der Waals surface area contributed by atoms with Gasteiger partial charge in [-0.25, -0.2) is 4.79 Å². The van der Waals surface area contributed by atoms with Gasteiger partial charge in [0.05, 0.1) is 5.92 Å². The van der Waals surface area contributed by atoms with Crippen molar-refractivity contribution in [3.63, 3.8) is 0 Å². The zero-order valence-corrected chi connectivity index (χ0v) is 14.8. The highest BCUT2D eigenvalue weighted by molar-refractivity contribution is 7.97. The van der Waals surface area contributed by atoms with Crippen LogP contribution in [0.3, 0.4) is 0 Å². The van der Waals surface area contributed by atoms with E-state index in [0.717, 1.165) is 24.3 Å². The fourth-order valence-electron chi connectivity index (χ4n) is 1.62. The van der Waals surface area contributed by atoms with E-state index in [-0.39, 0.29) is 42.0 Å². The normalized spacial score (nSPS) is 11.0. The van der Waals surface area contributed by atoms with Crippen molar-refractivity contribution in [3.05, 3.63) is 0 Å². The number of carbonyl (C=O) groups excluding carboxylic acids is 2. The highest BCUT2D eigenvalue weighted by Gasteiger charge is 2.22. The average Bonchev–Trinajstić information content (AvgIpc) is 2.45. The first-order valence-electron chi connectivity index (χ1n) is 7.97. The SMILES string of the molecule is CCCC[S+](CCCC)CC(=O)OCCOC(=O)C(C)C. The van der Waals surface area contributed by atoms with E-state index in [2.05, 4.69) is 13.8 Å². The van der Waals surface area contributed by atoms with E-state index in [1.54, 1.807) is 13.8 Å². The molecular weight excluding hydrogens is 288 g/mol. The Morgan fingerprint density at radius 3 is 1.95 bits per heavy atom. The first-order valence-corrected chi connectivity index (χ1v) is 9.70. The van der Waals surface area contributed by atoms with Crippen molar-refractivity contribution in [2.24, 2.45) is 5.92 Å². The van der Waals surface area contributed by atoms with Crippen molar-refractivity contribution >= 4 is 22.8 Å². The summed E-state index contributed by atoms with van der Waals surface area (Å²) in [5.74, 6) is 2.19. The van der Waals surface area contributed by atoms with Gasteiger partial charge in [-0.1, -0.05) is 40.5 Å². The number of ether oxygens (including phenoxy) is 2. The predicted molar refractivity (Wildman–Crippen MR) is 88.5 cm³/mol. The summed E-state index contributed by atoms with van der Waals surface area (Å²) >= 11 is 0. The van der Waals surface area contributed by atoms with Gasteiger partial charge in [-0.2, -0.15) is 0 Å². The van der Waals surface area contributed by atoms with Gasteiger partial charge >= 0.3 is 11.9 Å². The molecule has 4 nitrogen and oxygen atoms in total. The van der Waals surface area contributed by atoms with Gasteiger partial charge in [0.25, 0.3) is 0 Å². The van der Waals surface area contributed by atoms with Gasteiger partial charge in [-0.15, -0.1) is 0 Å². The lowest BCUT2D eigenvalue weighted by atomic mass is 10.2. The fourth-order valence-corrected chi connectivity index (χ4v) is 3.92. The summed E-state index contributed by atoms with van der Waals surface area (Å²) in [6.45, 7) is 8.21. The number of hydrogen-bond donors (Lipinski definition) is 0. The molecule has 0 saturated heterocycles. The molecule has 0 aromatic heterocycles. The van der Waals surface area contributed by atoms with Crippen molar-refractivity contribution in [1.29, 1.82) is 0 Å². The molecule has 0 aliphatic rings. The summed E-state index contributed by atoms with van der Waals surface area (Å²) in [6, 6.07) is 0. The van der Waals surface area contributed by atoms with E-state index < -0.39 is 0 Å². The molecule has 0 aliphatic heterocycles. The fraction of sp³-hybridized carbons (Fsp3) is 0.875. The van der Waals surface area contributed by atoms with Crippen LogP contribution in [-0.2, 0) is 30.0 Å². The first-order chi connectivity index (χ1) is 10.0. The topological polar surface area (TPSA) is 52.6 Å². The largest absolute Gasteiger partial charge is 0.462 e. The molecule has 0 unspecified atom stereocenters. The molecule has 0 fully saturated rings.